The number of hydrogen-bond acceptors (Lipinski definition) is 4. The van der Waals surface area contributed by atoms with Crippen LogP contribution in [-0.2, 0) is 0 Å². The molecule has 2 aromatic rings. The van der Waals surface area contributed by atoms with Crippen molar-refractivity contribution >= 4 is 33.0 Å². The molecule has 0 aliphatic rings. The molecule has 0 radical (unpaired) electrons. The van der Waals surface area contributed by atoms with Crippen LogP contribution in [-0.4, -0.2) is 20.0 Å². The molecule has 5 heteroatoms. The summed E-state index contributed by atoms with van der Waals surface area (Å²) in [5.41, 5.74) is 1.18. The molecule has 94 valence electrons. The minimum absolute atomic E-state index is 0.0588. The van der Waals surface area contributed by atoms with Crippen LogP contribution in [0, 0.1) is 0 Å². The Morgan fingerprint density at radius 3 is 2.56 bits per heavy atom. The molecule has 1 aromatic carbocycles. The fraction of sp³-hybridized carbons (Fsp3) is 0.154. The van der Waals surface area contributed by atoms with Crippen molar-refractivity contribution in [1.29, 1.82) is 0 Å². The van der Waals surface area contributed by atoms with E-state index < -0.39 is 0 Å². The highest BCUT2D eigenvalue weighted by Gasteiger charge is 2.16. The predicted octanol–water partition coefficient (Wildman–Crippen LogP) is 3.76. The van der Waals surface area contributed by atoms with Gasteiger partial charge >= 0.3 is 0 Å². The average Bonchev–Trinajstić information content (AvgIpc) is 2.83. The van der Waals surface area contributed by atoms with Crippen LogP contribution in [0.5, 0.6) is 11.5 Å². The van der Waals surface area contributed by atoms with E-state index in [0.29, 0.717) is 22.6 Å². The van der Waals surface area contributed by atoms with Crippen LogP contribution < -0.4 is 9.47 Å². The first-order chi connectivity index (χ1) is 8.65. The smallest absolute Gasteiger partial charge is 0.197 e. The van der Waals surface area contributed by atoms with Gasteiger partial charge in [0.15, 0.2) is 5.78 Å². The number of halogens is 1. The summed E-state index contributed by atoms with van der Waals surface area (Å²) in [6.45, 7) is 0. The van der Waals surface area contributed by atoms with Crippen LogP contribution in [0.3, 0.4) is 0 Å². The fourth-order valence-corrected chi connectivity index (χ4v) is 2.71. The van der Waals surface area contributed by atoms with Crippen LogP contribution in [0.2, 0.25) is 0 Å². The summed E-state index contributed by atoms with van der Waals surface area (Å²) in [4.78, 5) is 12.3. The highest BCUT2D eigenvalue weighted by atomic mass is 79.9. The lowest BCUT2D eigenvalue weighted by Crippen LogP contribution is -2.03. The lowest BCUT2D eigenvalue weighted by Gasteiger charge is -2.08. The van der Waals surface area contributed by atoms with Crippen molar-refractivity contribution < 1.29 is 14.3 Å². The Balaban J connectivity index is 2.41. The second-order valence-electron chi connectivity index (χ2n) is 3.53. The molecular weight excluding hydrogens is 316 g/mol. The topological polar surface area (TPSA) is 35.5 Å². The minimum atomic E-state index is -0.0588. The molecule has 0 bridgehead atoms. The Kier molecular flexibility index (Phi) is 4.04. The van der Waals surface area contributed by atoms with Crippen LogP contribution >= 0.6 is 27.3 Å². The summed E-state index contributed by atoms with van der Waals surface area (Å²) in [5, 5.41) is 1.82. The van der Waals surface area contributed by atoms with E-state index in [-0.39, 0.29) is 5.78 Å². The molecule has 0 N–H and O–H groups in total. The Labute approximate surface area is 117 Å². The van der Waals surface area contributed by atoms with E-state index in [9.17, 15) is 4.79 Å². The highest BCUT2D eigenvalue weighted by Crippen LogP contribution is 2.29. The van der Waals surface area contributed by atoms with Gasteiger partial charge in [0.2, 0.25) is 0 Å². The fourth-order valence-electron chi connectivity index (χ4n) is 1.57. The van der Waals surface area contributed by atoms with Gasteiger partial charge in [-0.2, -0.15) is 0 Å². The molecule has 0 saturated heterocycles. The van der Waals surface area contributed by atoms with Crippen molar-refractivity contribution in [2.24, 2.45) is 0 Å². The second-order valence-corrected chi connectivity index (χ2v) is 5.83. The summed E-state index contributed by atoms with van der Waals surface area (Å²) in [5.74, 6) is 1.12. The maximum absolute atomic E-state index is 12.3. The molecule has 0 unspecified atom stereocenters. The number of benzene rings is 1. The molecule has 18 heavy (non-hydrogen) atoms. The van der Waals surface area contributed by atoms with Crippen molar-refractivity contribution in [3.05, 3.63) is 44.6 Å². The third-order valence-corrected chi connectivity index (χ3v) is 3.99. The van der Waals surface area contributed by atoms with Gasteiger partial charge < -0.3 is 9.47 Å². The SMILES string of the molecule is COc1ccc(C(=O)c2csc(Br)c2)c(OC)c1. The molecule has 0 fully saturated rings. The largest absolute Gasteiger partial charge is 0.497 e. The summed E-state index contributed by atoms with van der Waals surface area (Å²) < 4.78 is 11.3. The van der Waals surface area contributed by atoms with E-state index in [0.717, 1.165) is 3.79 Å². The predicted molar refractivity (Wildman–Crippen MR) is 75.0 cm³/mol. The summed E-state index contributed by atoms with van der Waals surface area (Å²) >= 11 is 4.83. The van der Waals surface area contributed by atoms with Gasteiger partial charge in [-0.1, -0.05) is 0 Å². The van der Waals surface area contributed by atoms with Crippen molar-refractivity contribution in [3.8, 4) is 11.5 Å². The molecular formula is C13H11BrO3S. The number of hydrogen-bond donors (Lipinski definition) is 0. The van der Waals surface area contributed by atoms with Crippen molar-refractivity contribution in [2.75, 3.05) is 14.2 Å². The first-order valence-electron chi connectivity index (χ1n) is 5.16. The van der Waals surface area contributed by atoms with E-state index in [1.165, 1.54) is 18.4 Å². The van der Waals surface area contributed by atoms with Gasteiger partial charge in [0, 0.05) is 17.0 Å². The van der Waals surface area contributed by atoms with Gasteiger partial charge in [-0.25, -0.2) is 0 Å². The van der Waals surface area contributed by atoms with Crippen LogP contribution in [0.1, 0.15) is 15.9 Å². The number of ether oxygens (including phenoxy) is 2. The van der Waals surface area contributed by atoms with Gasteiger partial charge in [-0.3, -0.25) is 4.79 Å². The maximum atomic E-state index is 12.3. The third-order valence-electron chi connectivity index (χ3n) is 2.48. The quantitative estimate of drug-likeness (QED) is 0.802. The Bertz CT molecular complexity index is 577. The second kappa shape index (κ2) is 5.54. The Morgan fingerprint density at radius 1 is 1.22 bits per heavy atom. The summed E-state index contributed by atoms with van der Waals surface area (Å²) in [6.07, 6.45) is 0. The monoisotopic (exact) mass is 326 g/mol. The third kappa shape index (κ3) is 2.57. The highest BCUT2D eigenvalue weighted by molar-refractivity contribution is 9.11. The molecule has 3 nitrogen and oxygen atoms in total. The van der Waals surface area contributed by atoms with Gasteiger partial charge in [0.1, 0.15) is 11.5 Å². The van der Waals surface area contributed by atoms with Crippen molar-refractivity contribution in [3.63, 3.8) is 0 Å². The minimum Gasteiger partial charge on any atom is -0.497 e. The Morgan fingerprint density at radius 2 is 2.00 bits per heavy atom. The maximum Gasteiger partial charge on any atom is 0.197 e. The molecule has 1 heterocycles. The van der Waals surface area contributed by atoms with E-state index >= 15 is 0 Å². The molecule has 2 rings (SSSR count). The van der Waals surface area contributed by atoms with Crippen molar-refractivity contribution in [1.82, 2.24) is 0 Å². The van der Waals surface area contributed by atoms with Gasteiger partial charge in [0.05, 0.1) is 23.6 Å². The van der Waals surface area contributed by atoms with E-state index in [1.54, 1.807) is 31.4 Å². The molecule has 0 amide bonds. The van der Waals surface area contributed by atoms with E-state index in [4.69, 9.17) is 9.47 Å². The van der Waals surface area contributed by atoms with E-state index in [2.05, 4.69) is 15.9 Å². The lowest BCUT2D eigenvalue weighted by molar-refractivity contribution is 0.103. The number of rotatable bonds is 4. The molecule has 0 atom stereocenters. The molecule has 0 aliphatic carbocycles. The van der Waals surface area contributed by atoms with Gasteiger partial charge in [-0.15, -0.1) is 11.3 Å². The standard InChI is InChI=1S/C13H11BrO3S/c1-16-9-3-4-10(11(6-9)17-2)13(15)8-5-12(14)18-7-8/h3-7H,1-2H3. The van der Waals surface area contributed by atoms with Gasteiger partial charge in [-0.05, 0) is 34.1 Å². The number of carbonyl (C=O) groups is 1. The zero-order valence-electron chi connectivity index (χ0n) is 9.90. The number of carbonyl (C=O) groups excluding carboxylic acids is 1. The Hall–Kier alpha value is -1.33. The van der Waals surface area contributed by atoms with Gasteiger partial charge in [0.25, 0.3) is 0 Å². The molecule has 0 aliphatic heterocycles. The van der Waals surface area contributed by atoms with E-state index in [1.807, 2.05) is 5.38 Å². The number of ketones is 1. The first kappa shape index (κ1) is 13.1. The lowest BCUT2D eigenvalue weighted by atomic mass is 10.0. The molecule has 0 spiro atoms. The average molecular weight is 327 g/mol. The summed E-state index contributed by atoms with van der Waals surface area (Å²) in [6, 6.07) is 6.97. The molecule has 0 saturated carbocycles. The zero-order valence-corrected chi connectivity index (χ0v) is 12.3. The molecule has 1 aromatic heterocycles. The number of thiophene rings is 1. The number of methoxy groups -OCH3 is 2. The first-order valence-corrected chi connectivity index (χ1v) is 6.83. The zero-order chi connectivity index (χ0) is 13.1. The van der Waals surface area contributed by atoms with Crippen LogP contribution in [0.4, 0.5) is 0 Å². The van der Waals surface area contributed by atoms with Crippen molar-refractivity contribution in [2.45, 2.75) is 0 Å². The van der Waals surface area contributed by atoms with Crippen LogP contribution in [0.15, 0.2) is 33.4 Å². The summed E-state index contributed by atoms with van der Waals surface area (Å²) in [7, 11) is 3.11. The normalized spacial score (nSPS) is 10.2. The van der Waals surface area contributed by atoms with Crippen LogP contribution in [0.25, 0.3) is 0 Å².